The van der Waals surface area contributed by atoms with E-state index in [1.165, 1.54) is 0 Å². The molecule has 0 aromatic carbocycles. The van der Waals surface area contributed by atoms with Crippen molar-refractivity contribution in [3.05, 3.63) is 0 Å². The van der Waals surface area contributed by atoms with Gasteiger partial charge in [-0.05, 0) is 67.1 Å². The molecule has 138 valence electrons. The molecule has 4 nitrogen and oxygen atoms in total. The summed E-state index contributed by atoms with van der Waals surface area (Å²) in [4.78, 5) is 35.6. The number of hydrogen-bond donors (Lipinski definition) is 1. The molecule has 0 aliphatic heterocycles. The summed E-state index contributed by atoms with van der Waals surface area (Å²) in [7, 11) is 0. The number of carbonyl (C=O) groups is 3. The Bertz CT molecular complexity index is 602. The summed E-state index contributed by atoms with van der Waals surface area (Å²) >= 11 is 0. The molecule has 0 saturated heterocycles. The topological polar surface area (TPSA) is 63.2 Å². The van der Waals surface area contributed by atoms with Gasteiger partial charge in [0.2, 0.25) is 6.41 Å². The Kier molecular flexibility index (Phi) is 4.08. The number of carbonyl (C=O) groups excluding carboxylic acids is 3. The summed E-state index contributed by atoms with van der Waals surface area (Å²) in [5.74, 6) is 3.37. The van der Waals surface area contributed by atoms with Gasteiger partial charge in [-0.25, -0.2) is 0 Å². The maximum absolute atomic E-state index is 12.6. The number of hydrogen-bond acceptors (Lipinski definition) is 3. The van der Waals surface area contributed by atoms with Crippen molar-refractivity contribution in [3.63, 3.8) is 0 Å². The van der Waals surface area contributed by atoms with Crippen molar-refractivity contribution in [1.29, 1.82) is 0 Å². The van der Waals surface area contributed by atoms with Crippen molar-refractivity contribution >= 4 is 18.0 Å². The summed E-state index contributed by atoms with van der Waals surface area (Å²) in [5, 5.41) is 2.90. The Hall–Kier alpha value is -1.19. The first-order valence-electron chi connectivity index (χ1n) is 10.1. The Labute approximate surface area is 150 Å². The SMILES string of the molecule is C[C@]12CCC(=O)CC1[C@@H](CNC=O)C[C@@H]1[C@@H]2CC[C@]2(C)C(=O)CC[C@@H]12. The zero-order chi connectivity index (χ0) is 17.8. The third-order valence-electron chi connectivity index (χ3n) is 8.84. The third kappa shape index (κ3) is 2.43. The molecule has 0 bridgehead atoms. The van der Waals surface area contributed by atoms with Gasteiger partial charge in [-0.2, -0.15) is 0 Å². The van der Waals surface area contributed by atoms with Crippen LogP contribution in [0.15, 0.2) is 0 Å². The van der Waals surface area contributed by atoms with Crippen LogP contribution in [0.2, 0.25) is 0 Å². The largest absolute Gasteiger partial charge is 0.358 e. The summed E-state index contributed by atoms with van der Waals surface area (Å²) in [6, 6.07) is 0. The summed E-state index contributed by atoms with van der Waals surface area (Å²) in [6.07, 6.45) is 8.22. The van der Waals surface area contributed by atoms with Crippen LogP contribution in [0.5, 0.6) is 0 Å². The molecular weight excluding hydrogens is 314 g/mol. The number of nitrogens with one attached hydrogen (secondary N) is 1. The van der Waals surface area contributed by atoms with Crippen molar-refractivity contribution in [1.82, 2.24) is 5.32 Å². The quantitative estimate of drug-likeness (QED) is 0.799. The van der Waals surface area contributed by atoms with Crippen LogP contribution in [-0.4, -0.2) is 24.5 Å². The van der Waals surface area contributed by atoms with Gasteiger partial charge >= 0.3 is 0 Å². The zero-order valence-electron chi connectivity index (χ0n) is 15.6. The van der Waals surface area contributed by atoms with Crippen molar-refractivity contribution in [2.45, 2.75) is 65.2 Å². The van der Waals surface area contributed by atoms with E-state index in [-0.39, 0.29) is 10.8 Å². The number of ketones is 2. The minimum atomic E-state index is -0.114. The van der Waals surface area contributed by atoms with E-state index in [0.717, 1.165) is 44.9 Å². The molecule has 1 N–H and O–H groups in total. The highest BCUT2D eigenvalue weighted by atomic mass is 16.1. The van der Waals surface area contributed by atoms with Gasteiger partial charge in [-0.3, -0.25) is 14.4 Å². The third-order valence-corrected chi connectivity index (χ3v) is 8.84. The van der Waals surface area contributed by atoms with Crippen molar-refractivity contribution < 1.29 is 14.4 Å². The minimum absolute atomic E-state index is 0.114. The van der Waals surface area contributed by atoms with E-state index < -0.39 is 0 Å². The lowest BCUT2D eigenvalue weighted by Crippen LogP contribution is -2.57. The maximum atomic E-state index is 12.6. The average Bonchev–Trinajstić information content (AvgIpc) is 2.89. The molecule has 1 amide bonds. The van der Waals surface area contributed by atoms with E-state index in [1.54, 1.807) is 0 Å². The van der Waals surface area contributed by atoms with Crippen LogP contribution in [0.1, 0.15) is 65.2 Å². The lowest BCUT2D eigenvalue weighted by Gasteiger charge is -2.61. The van der Waals surface area contributed by atoms with E-state index >= 15 is 0 Å². The van der Waals surface area contributed by atoms with Crippen LogP contribution in [0.4, 0.5) is 0 Å². The van der Waals surface area contributed by atoms with Crippen molar-refractivity contribution in [2.75, 3.05) is 6.54 Å². The summed E-state index contributed by atoms with van der Waals surface area (Å²) < 4.78 is 0. The summed E-state index contributed by atoms with van der Waals surface area (Å²) in [5.41, 5.74) is 0.0799. The van der Waals surface area contributed by atoms with Gasteiger partial charge in [0.05, 0.1) is 0 Å². The van der Waals surface area contributed by atoms with Gasteiger partial charge in [0.25, 0.3) is 0 Å². The smallest absolute Gasteiger partial charge is 0.207 e. The molecule has 1 unspecified atom stereocenters. The predicted molar refractivity (Wildman–Crippen MR) is 94.7 cm³/mol. The molecule has 4 heteroatoms. The molecule has 4 rings (SSSR count). The molecule has 4 fully saturated rings. The first kappa shape index (κ1) is 17.2. The van der Waals surface area contributed by atoms with Gasteiger partial charge in [0.1, 0.15) is 11.6 Å². The van der Waals surface area contributed by atoms with Crippen molar-refractivity contribution in [3.8, 4) is 0 Å². The minimum Gasteiger partial charge on any atom is -0.358 e. The maximum Gasteiger partial charge on any atom is 0.207 e. The molecule has 7 atom stereocenters. The monoisotopic (exact) mass is 345 g/mol. The second-order valence-corrected chi connectivity index (χ2v) is 9.67. The Morgan fingerprint density at radius 1 is 1.08 bits per heavy atom. The number of rotatable bonds is 3. The summed E-state index contributed by atoms with van der Waals surface area (Å²) in [6.45, 7) is 5.30. The molecule has 25 heavy (non-hydrogen) atoms. The highest BCUT2D eigenvalue weighted by molar-refractivity contribution is 5.87. The van der Waals surface area contributed by atoms with E-state index in [4.69, 9.17) is 0 Å². The second-order valence-electron chi connectivity index (χ2n) is 9.67. The van der Waals surface area contributed by atoms with Gasteiger partial charge in [0, 0.05) is 31.2 Å². The van der Waals surface area contributed by atoms with Gasteiger partial charge in [-0.15, -0.1) is 0 Å². The lowest BCUT2D eigenvalue weighted by molar-refractivity contribution is -0.152. The van der Waals surface area contributed by atoms with E-state index in [1.807, 2.05) is 0 Å². The van der Waals surface area contributed by atoms with E-state index in [0.29, 0.717) is 60.5 Å². The second kappa shape index (κ2) is 5.92. The number of amides is 1. The predicted octanol–water partition coefficient (Wildman–Crippen LogP) is 3.14. The van der Waals surface area contributed by atoms with Crippen LogP contribution in [0, 0.1) is 40.4 Å². The number of fused-ring (bicyclic) bond motifs is 5. The molecule has 0 radical (unpaired) electrons. The average molecular weight is 345 g/mol. The first-order chi connectivity index (χ1) is 11.9. The lowest BCUT2D eigenvalue weighted by atomic mass is 9.43. The molecule has 0 aromatic rings. The normalized spacial score (nSPS) is 49.1. The fourth-order valence-electron chi connectivity index (χ4n) is 7.49. The van der Waals surface area contributed by atoms with E-state index in [9.17, 15) is 14.4 Å². The first-order valence-corrected chi connectivity index (χ1v) is 10.1. The molecule has 0 heterocycles. The van der Waals surface area contributed by atoms with Crippen LogP contribution < -0.4 is 5.32 Å². The highest BCUT2D eigenvalue weighted by Crippen LogP contribution is 2.66. The van der Waals surface area contributed by atoms with Gasteiger partial charge in [0.15, 0.2) is 0 Å². The standard InChI is InChI=1S/C21H31NO3/c1-20-7-5-14(24)10-18(20)13(11-22-12-23)9-15-16-3-4-19(25)21(16,2)8-6-17(15)20/h12-13,15-18H,3-11H2,1-2H3,(H,22,23)/t13-,15+,16+,17+,18?,20-,21+/m1/s1. The molecular formula is C21H31NO3. The molecule has 4 aliphatic carbocycles. The Morgan fingerprint density at radius 3 is 2.64 bits per heavy atom. The van der Waals surface area contributed by atoms with Crippen molar-refractivity contribution in [2.24, 2.45) is 40.4 Å². The van der Waals surface area contributed by atoms with Gasteiger partial charge in [-0.1, -0.05) is 13.8 Å². The van der Waals surface area contributed by atoms with Crippen LogP contribution in [-0.2, 0) is 14.4 Å². The number of Topliss-reactive ketones (excluding diaryl/α,β-unsaturated/α-hetero) is 2. The highest BCUT2D eigenvalue weighted by Gasteiger charge is 2.62. The van der Waals surface area contributed by atoms with Gasteiger partial charge < -0.3 is 5.32 Å². The molecule has 0 aromatic heterocycles. The van der Waals surface area contributed by atoms with Crippen LogP contribution >= 0.6 is 0 Å². The molecule has 4 saturated carbocycles. The molecule has 4 aliphatic rings. The fourth-order valence-corrected chi connectivity index (χ4v) is 7.49. The van der Waals surface area contributed by atoms with Crippen LogP contribution in [0.25, 0.3) is 0 Å². The fraction of sp³-hybridized carbons (Fsp3) is 0.857. The Morgan fingerprint density at radius 2 is 1.88 bits per heavy atom. The van der Waals surface area contributed by atoms with E-state index in [2.05, 4.69) is 19.2 Å². The zero-order valence-corrected chi connectivity index (χ0v) is 15.6. The Balaban J connectivity index is 1.68. The molecule has 0 spiro atoms. The van der Waals surface area contributed by atoms with Crippen LogP contribution in [0.3, 0.4) is 0 Å².